The fraction of sp³-hybridized carbons (Fsp3) is 0.929. The summed E-state index contributed by atoms with van der Waals surface area (Å²) in [4.78, 5) is 13.4. The Balaban J connectivity index is 2.64. The molecule has 1 amide bonds. The molecule has 2 atom stereocenters. The van der Waals surface area contributed by atoms with Crippen LogP contribution in [-0.2, 0) is 4.79 Å². The number of alkyl halides is 3. The second kappa shape index (κ2) is 6.96. The van der Waals surface area contributed by atoms with Crippen LogP contribution in [-0.4, -0.2) is 55.7 Å². The molecule has 2 N–H and O–H groups in total. The van der Waals surface area contributed by atoms with E-state index >= 15 is 0 Å². The van der Waals surface area contributed by atoms with E-state index in [1.54, 1.807) is 6.92 Å². The van der Waals surface area contributed by atoms with Gasteiger partial charge in [0, 0.05) is 38.6 Å². The molecule has 0 aromatic carbocycles. The van der Waals surface area contributed by atoms with Gasteiger partial charge in [-0.3, -0.25) is 9.69 Å². The summed E-state index contributed by atoms with van der Waals surface area (Å²) in [5.74, 6) is -0.665. The minimum absolute atomic E-state index is 0.271. The molecule has 0 spiro atoms. The van der Waals surface area contributed by atoms with Gasteiger partial charge in [0.2, 0.25) is 5.91 Å². The molecule has 1 saturated heterocycles. The molecular weight excluding hydrogens is 283 g/mol. The minimum Gasteiger partial charge on any atom is -0.354 e. The zero-order valence-corrected chi connectivity index (χ0v) is 13.2. The Morgan fingerprint density at radius 2 is 1.76 bits per heavy atom. The second-order valence-electron chi connectivity index (χ2n) is 6.68. The third kappa shape index (κ3) is 5.47. The number of piperazine rings is 1. The van der Waals surface area contributed by atoms with Crippen LogP contribution in [0, 0.1) is 11.3 Å². The predicted octanol–water partition coefficient (Wildman–Crippen LogP) is 1.62. The predicted molar refractivity (Wildman–Crippen MR) is 75.9 cm³/mol. The fourth-order valence-corrected chi connectivity index (χ4v) is 2.19. The van der Waals surface area contributed by atoms with E-state index in [2.05, 4.69) is 10.6 Å². The van der Waals surface area contributed by atoms with Crippen molar-refractivity contribution in [2.45, 2.75) is 39.9 Å². The van der Waals surface area contributed by atoms with Crippen molar-refractivity contribution in [1.29, 1.82) is 0 Å². The lowest BCUT2D eigenvalue weighted by Gasteiger charge is -2.36. The van der Waals surface area contributed by atoms with E-state index in [1.807, 2.05) is 20.8 Å². The topological polar surface area (TPSA) is 44.4 Å². The first-order chi connectivity index (χ1) is 9.53. The van der Waals surface area contributed by atoms with E-state index in [-0.39, 0.29) is 23.8 Å². The van der Waals surface area contributed by atoms with Gasteiger partial charge in [-0.2, -0.15) is 13.2 Å². The maximum atomic E-state index is 13.2. The van der Waals surface area contributed by atoms with Crippen LogP contribution >= 0.6 is 0 Å². The number of nitrogens with one attached hydrogen (secondary N) is 2. The molecule has 0 bridgehead atoms. The summed E-state index contributed by atoms with van der Waals surface area (Å²) in [6, 6.07) is -1.62. The lowest BCUT2D eigenvalue weighted by Crippen LogP contribution is -2.58. The van der Waals surface area contributed by atoms with Gasteiger partial charge in [-0.05, 0) is 5.41 Å². The number of halogens is 3. The molecule has 2 unspecified atom stereocenters. The summed E-state index contributed by atoms with van der Waals surface area (Å²) in [7, 11) is 0. The van der Waals surface area contributed by atoms with Gasteiger partial charge in [-0.15, -0.1) is 0 Å². The van der Waals surface area contributed by atoms with Crippen molar-refractivity contribution < 1.29 is 18.0 Å². The standard InChI is InChI=1S/C14H26F3N3O/c1-10(13(2,3)4)12(21)19-9-11(14(15,16)17)20-7-5-18-6-8-20/h10-11,18H,5-9H2,1-4H3,(H,19,21). The summed E-state index contributed by atoms with van der Waals surface area (Å²) in [6.07, 6.45) is -4.34. The zero-order chi connectivity index (χ0) is 16.3. The van der Waals surface area contributed by atoms with Crippen molar-refractivity contribution in [3.8, 4) is 0 Å². The van der Waals surface area contributed by atoms with Crippen molar-refractivity contribution in [3.05, 3.63) is 0 Å². The summed E-state index contributed by atoms with van der Waals surface area (Å²) >= 11 is 0. The van der Waals surface area contributed by atoms with E-state index in [0.717, 1.165) is 0 Å². The van der Waals surface area contributed by atoms with Crippen LogP contribution in [0.1, 0.15) is 27.7 Å². The monoisotopic (exact) mass is 309 g/mol. The highest BCUT2D eigenvalue weighted by Gasteiger charge is 2.44. The number of amides is 1. The van der Waals surface area contributed by atoms with Crippen molar-refractivity contribution in [2.75, 3.05) is 32.7 Å². The Morgan fingerprint density at radius 1 is 1.24 bits per heavy atom. The molecule has 1 aliphatic heterocycles. The van der Waals surface area contributed by atoms with E-state index in [0.29, 0.717) is 26.2 Å². The molecule has 0 radical (unpaired) electrons. The van der Waals surface area contributed by atoms with Crippen molar-refractivity contribution in [1.82, 2.24) is 15.5 Å². The van der Waals surface area contributed by atoms with Gasteiger partial charge in [0.15, 0.2) is 0 Å². The molecule has 0 aromatic heterocycles. The first-order valence-corrected chi connectivity index (χ1v) is 7.32. The molecule has 124 valence electrons. The molecule has 4 nitrogen and oxygen atoms in total. The van der Waals surface area contributed by atoms with Crippen LogP contribution < -0.4 is 10.6 Å². The van der Waals surface area contributed by atoms with Crippen LogP contribution in [0.15, 0.2) is 0 Å². The summed E-state index contributed by atoms with van der Waals surface area (Å²) in [6.45, 7) is 8.81. The minimum atomic E-state index is -4.34. The molecule has 0 aliphatic carbocycles. The number of rotatable bonds is 4. The van der Waals surface area contributed by atoms with Crippen LogP contribution in [0.3, 0.4) is 0 Å². The Bertz CT molecular complexity index is 346. The van der Waals surface area contributed by atoms with Gasteiger partial charge in [0.1, 0.15) is 6.04 Å². The highest BCUT2D eigenvalue weighted by molar-refractivity contribution is 5.79. The third-order valence-corrected chi connectivity index (χ3v) is 4.13. The molecule has 1 aliphatic rings. The average Bonchev–Trinajstić information content (AvgIpc) is 2.36. The summed E-state index contributed by atoms with van der Waals surface area (Å²) < 4.78 is 39.5. The molecule has 1 rings (SSSR count). The van der Waals surface area contributed by atoms with Gasteiger partial charge in [-0.1, -0.05) is 27.7 Å². The number of carbonyl (C=O) groups excluding carboxylic acids is 1. The number of carbonyl (C=O) groups is 1. The van der Waals surface area contributed by atoms with E-state index < -0.39 is 12.2 Å². The normalized spacial score (nSPS) is 20.9. The first-order valence-electron chi connectivity index (χ1n) is 7.32. The van der Waals surface area contributed by atoms with Gasteiger partial charge in [0.05, 0.1) is 0 Å². The first kappa shape index (κ1) is 18.2. The molecular formula is C14H26F3N3O. The molecule has 0 saturated carbocycles. The van der Waals surface area contributed by atoms with Crippen LogP contribution in [0.25, 0.3) is 0 Å². The second-order valence-corrected chi connectivity index (χ2v) is 6.68. The largest absolute Gasteiger partial charge is 0.405 e. The lowest BCUT2D eigenvalue weighted by atomic mass is 9.81. The van der Waals surface area contributed by atoms with Gasteiger partial charge in [-0.25, -0.2) is 0 Å². The molecule has 7 heteroatoms. The van der Waals surface area contributed by atoms with E-state index in [4.69, 9.17) is 0 Å². The Labute approximate surface area is 124 Å². The van der Waals surface area contributed by atoms with Gasteiger partial charge < -0.3 is 10.6 Å². The van der Waals surface area contributed by atoms with Crippen LogP contribution in [0.4, 0.5) is 13.2 Å². The smallest absolute Gasteiger partial charge is 0.354 e. The van der Waals surface area contributed by atoms with Crippen molar-refractivity contribution in [2.24, 2.45) is 11.3 Å². The number of hydrogen-bond donors (Lipinski definition) is 2. The maximum absolute atomic E-state index is 13.2. The Kier molecular flexibility index (Phi) is 6.04. The maximum Gasteiger partial charge on any atom is 0.405 e. The van der Waals surface area contributed by atoms with Crippen molar-refractivity contribution >= 4 is 5.91 Å². The molecule has 1 fully saturated rings. The average molecular weight is 309 g/mol. The number of hydrogen-bond acceptors (Lipinski definition) is 3. The summed E-state index contributed by atoms with van der Waals surface area (Å²) in [5, 5.41) is 5.50. The zero-order valence-electron chi connectivity index (χ0n) is 13.2. The van der Waals surface area contributed by atoms with Gasteiger partial charge in [0.25, 0.3) is 0 Å². The quantitative estimate of drug-likeness (QED) is 0.829. The SMILES string of the molecule is CC(C(=O)NCC(N1CCNCC1)C(F)(F)F)C(C)(C)C. The fourth-order valence-electron chi connectivity index (χ4n) is 2.19. The van der Waals surface area contributed by atoms with E-state index in [9.17, 15) is 18.0 Å². The van der Waals surface area contributed by atoms with Crippen LogP contribution in [0.2, 0.25) is 0 Å². The number of nitrogens with zero attached hydrogens (tertiary/aromatic N) is 1. The van der Waals surface area contributed by atoms with Crippen LogP contribution in [0.5, 0.6) is 0 Å². The Hall–Kier alpha value is -0.820. The highest BCUT2D eigenvalue weighted by Crippen LogP contribution is 2.27. The van der Waals surface area contributed by atoms with Crippen molar-refractivity contribution in [3.63, 3.8) is 0 Å². The third-order valence-electron chi connectivity index (χ3n) is 4.13. The van der Waals surface area contributed by atoms with Gasteiger partial charge >= 0.3 is 6.18 Å². The highest BCUT2D eigenvalue weighted by atomic mass is 19.4. The lowest BCUT2D eigenvalue weighted by molar-refractivity contribution is -0.184. The summed E-state index contributed by atoms with van der Waals surface area (Å²) in [5.41, 5.74) is -0.271. The Morgan fingerprint density at radius 3 is 2.19 bits per heavy atom. The molecule has 0 aromatic rings. The van der Waals surface area contributed by atoms with E-state index in [1.165, 1.54) is 4.90 Å². The molecule has 1 heterocycles. The molecule has 21 heavy (non-hydrogen) atoms.